The van der Waals surface area contributed by atoms with Crippen LogP contribution in [0.1, 0.15) is 35.7 Å². The van der Waals surface area contributed by atoms with Gasteiger partial charge in [0, 0.05) is 16.3 Å². The van der Waals surface area contributed by atoms with Gasteiger partial charge in [-0.2, -0.15) is 5.48 Å². The zero-order valence-corrected chi connectivity index (χ0v) is 19.4. The maximum atomic E-state index is 14.4. The van der Waals surface area contributed by atoms with Crippen molar-refractivity contribution in [2.75, 3.05) is 11.9 Å². The first-order valence-electron chi connectivity index (χ1n) is 11.1. The predicted molar refractivity (Wildman–Crippen MR) is 126 cm³/mol. The summed E-state index contributed by atoms with van der Waals surface area (Å²) in [7, 11) is 0. The number of hydroxylamine groups is 1. The van der Waals surface area contributed by atoms with Crippen LogP contribution in [-0.2, 0) is 14.4 Å². The standard InChI is InChI=1S/C26H22ClF2N3O3/c1-14-23(24(31-35-14)18-4-2-3-5-20(18)27)26(34)32-13-22(33)30-21-11-10-17(29)12-19(21)25(32)15-6-8-16(28)9-7-15/h2-12,14,23-25,31H,13H2,1H3,(H,30,33). The highest BCUT2D eigenvalue weighted by Crippen LogP contribution is 2.41. The molecule has 2 N–H and O–H groups in total. The first-order chi connectivity index (χ1) is 16.8. The van der Waals surface area contributed by atoms with E-state index in [0.717, 1.165) is 0 Å². The molecule has 2 aliphatic rings. The third-order valence-electron chi connectivity index (χ3n) is 6.45. The van der Waals surface area contributed by atoms with E-state index >= 15 is 0 Å². The van der Waals surface area contributed by atoms with E-state index in [1.807, 2.05) is 6.07 Å². The molecule has 4 unspecified atom stereocenters. The van der Waals surface area contributed by atoms with Gasteiger partial charge in [-0.25, -0.2) is 8.78 Å². The predicted octanol–water partition coefficient (Wildman–Crippen LogP) is 4.77. The summed E-state index contributed by atoms with van der Waals surface area (Å²) < 4.78 is 28.1. The molecule has 3 aromatic rings. The Morgan fingerprint density at radius 3 is 2.49 bits per heavy atom. The van der Waals surface area contributed by atoms with Gasteiger partial charge in [-0.05, 0) is 54.4 Å². The van der Waals surface area contributed by atoms with Crippen LogP contribution in [0.4, 0.5) is 14.5 Å². The molecule has 2 amide bonds. The van der Waals surface area contributed by atoms with Crippen molar-refractivity contribution in [2.24, 2.45) is 5.92 Å². The molecule has 9 heteroatoms. The number of amides is 2. The highest BCUT2D eigenvalue weighted by molar-refractivity contribution is 6.31. The summed E-state index contributed by atoms with van der Waals surface area (Å²) >= 11 is 6.42. The zero-order chi connectivity index (χ0) is 24.7. The number of nitrogens with one attached hydrogen (secondary N) is 2. The van der Waals surface area contributed by atoms with E-state index in [4.69, 9.17) is 16.4 Å². The Morgan fingerprint density at radius 1 is 1.03 bits per heavy atom. The second-order valence-electron chi connectivity index (χ2n) is 8.67. The lowest BCUT2D eigenvalue weighted by Gasteiger charge is -2.34. The Kier molecular flexibility index (Phi) is 6.27. The fourth-order valence-corrected chi connectivity index (χ4v) is 5.06. The van der Waals surface area contributed by atoms with Crippen LogP contribution >= 0.6 is 11.6 Å². The molecular formula is C26H22ClF2N3O3. The molecule has 0 radical (unpaired) electrons. The van der Waals surface area contributed by atoms with Gasteiger partial charge < -0.3 is 10.2 Å². The van der Waals surface area contributed by atoms with Crippen LogP contribution in [-0.4, -0.2) is 29.4 Å². The number of nitrogens with zero attached hydrogens (tertiary/aromatic N) is 1. The number of hydrogen-bond donors (Lipinski definition) is 2. The minimum Gasteiger partial charge on any atom is -0.324 e. The first kappa shape index (κ1) is 23.4. The monoisotopic (exact) mass is 497 g/mol. The highest BCUT2D eigenvalue weighted by Gasteiger charge is 2.46. The number of anilines is 1. The molecule has 6 nitrogen and oxygen atoms in total. The third-order valence-corrected chi connectivity index (χ3v) is 6.79. The van der Waals surface area contributed by atoms with Gasteiger partial charge in [0.2, 0.25) is 11.8 Å². The molecule has 0 bridgehead atoms. The Bertz CT molecular complexity index is 1290. The number of fused-ring (bicyclic) bond motifs is 1. The van der Waals surface area contributed by atoms with Crippen molar-refractivity contribution >= 4 is 29.1 Å². The smallest absolute Gasteiger partial charge is 0.244 e. The Balaban J connectivity index is 1.62. The molecule has 2 aliphatic heterocycles. The fourth-order valence-electron chi connectivity index (χ4n) is 4.80. The van der Waals surface area contributed by atoms with E-state index in [1.165, 1.54) is 47.4 Å². The SMILES string of the molecule is CC1ONC(c2ccccc2Cl)C1C(=O)N1CC(=O)Nc2ccc(F)cc2C1c1ccc(F)cc1. The van der Waals surface area contributed by atoms with Crippen molar-refractivity contribution in [1.29, 1.82) is 0 Å². The number of halogens is 3. The Labute approximate surface area is 205 Å². The van der Waals surface area contributed by atoms with Crippen LogP contribution in [0.15, 0.2) is 66.7 Å². The summed E-state index contributed by atoms with van der Waals surface area (Å²) in [6.07, 6.45) is -0.545. The van der Waals surface area contributed by atoms with Crippen LogP contribution in [0.2, 0.25) is 5.02 Å². The van der Waals surface area contributed by atoms with E-state index in [0.29, 0.717) is 27.4 Å². The average molecular weight is 498 g/mol. The van der Waals surface area contributed by atoms with E-state index in [1.54, 1.807) is 25.1 Å². The van der Waals surface area contributed by atoms with Gasteiger partial charge in [0.05, 0.1) is 24.1 Å². The van der Waals surface area contributed by atoms with Crippen molar-refractivity contribution in [3.05, 3.63) is 100 Å². The number of rotatable bonds is 3. The van der Waals surface area contributed by atoms with Crippen LogP contribution in [0, 0.1) is 17.6 Å². The summed E-state index contributed by atoms with van der Waals surface area (Å²) in [5.74, 6) is -2.51. The maximum Gasteiger partial charge on any atom is 0.244 e. The number of carbonyl (C=O) groups is 2. The zero-order valence-electron chi connectivity index (χ0n) is 18.7. The molecule has 0 spiro atoms. The van der Waals surface area contributed by atoms with E-state index in [9.17, 15) is 18.4 Å². The molecule has 0 saturated carbocycles. The fraction of sp³-hybridized carbons (Fsp3) is 0.231. The molecule has 5 rings (SSSR count). The van der Waals surface area contributed by atoms with Crippen LogP contribution in [0.25, 0.3) is 0 Å². The summed E-state index contributed by atoms with van der Waals surface area (Å²) in [6.45, 7) is 1.47. The molecule has 1 saturated heterocycles. The summed E-state index contributed by atoms with van der Waals surface area (Å²) in [4.78, 5) is 34.1. The average Bonchev–Trinajstić information content (AvgIpc) is 3.15. The molecular weight excluding hydrogens is 476 g/mol. The molecule has 4 atom stereocenters. The Hall–Kier alpha value is -3.33. The van der Waals surface area contributed by atoms with Gasteiger partial charge in [-0.15, -0.1) is 0 Å². The second kappa shape index (κ2) is 9.37. The van der Waals surface area contributed by atoms with Gasteiger partial charge in [0.1, 0.15) is 18.2 Å². The van der Waals surface area contributed by atoms with Crippen molar-refractivity contribution in [2.45, 2.75) is 25.1 Å². The minimum atomic E-state index is -0.840. The lowest BCUT2D eigenvalue weighted by molar-refractivity contribution is -0.141. The Morgan fingerprint density at radius 2 is 1.74 bits per heavy atom. The first-order valence-corrected chi connectivity index (χ1v) is 11.5. The largest absolute Gasteiger partial charge is 0.324 e. The van der Waals surface area contributed by atoms with Gasteiger partial charge in [0.25, 0.3) is 0 Å². The molecule has 2 heterocycles. The van der Waals surface area contributed by atoms with Crippen molar-refractivity contribution in [3.8, 4) is 0 Å². The summed E-state index contributed by atoms with van der Waals surface area (Å²) in [5, 5.41) is 3.23. The maximum absolute atomic E-state index is 14.4. The second-order valence-corrected chi connectivity index (χ2v) is 9.07. The third kappa shape index (κ3) is 4.40. The molecule has 35 heavy (non-hydrogen) atoms. The van der Waals surface area contributed by atoms with Crippen LogP contribution in [0.3, 0.4) is 0 Å². The van der Waals surface area contributed by atoms with Crippen molar-refractivity contribution in [1.82, 2.24) is 10.4 Å². The molecule has 0 aliphatic carbocycles. The van der Waals surface area contributed by atoms with E-state index in [-0.39, 0.29) is 12.5 Å². The molecule has 0 aromatic heterocycles. The van der Waals surface area contributed by atoms with Crippen molar-refractivity contribution < 1.29 is 23.2 Å². The molecule has 180 valence electrons. The van der Waals surface area contributed by atoms with E-state index in [2.05, 4.69) is 10.8 Å². The normalized spacial score (nSPS) is 24.0. The van der Waals surface area contributed by atoms with Gasteiger partial charge in [-0.1, -0.05) is 41.9 Å². The van der Waals surface area contributed by atoms with Gasteiger partial charge >= 0.3 is 0 Å². The minimum absolute atomic E-state index is 0.282. The van der Waals surface area contributed by atoms with Gasteiger partial charge in [-0.3, -0.25) is 14.4 Å². The van der Waals surface area contributed by atoms with Crippen LogP contribution < -0.4 is 10.8 Å². The lowest BCUT2D eigenvalue weighted by Crippen LogP contribution is -2.45. The van der Waals surface area contributed by atoms with Gasteiger partial charge in [0.15, 0.2) is 0 Å². The number of carbonyl (C=O) groups excluding carboxylic acids is 2. The number of hydrogen-bond acceptors (Lipinski definition) is 4. The highest BCUT2D eigenvalue weighted by atomic mass is 35.5. The lowest BCUT2D eigenvalue weighted by atomic mass is 9.87. The summed E-state index contributed by atoms with van der Waals surface area (Å²) in [6, 6.07) is 15.3. The molecule has 3 aromatic carbocycles. The van der Waals surface area contributed by atoms with E-state index < -0.39 is 41.6 Å². The van der Waals surface area contributed by atoms with Crippen LogP contribution in [0.5, 0.6) is 0 Å². The topological polar surface area (TPSA) is 70.7 Å². The van der Waals surface area contributed by atoms with Crippen molar-refractivity contribution in [3.63, 3.8) is 0 Å². The molecule has 1 fully saturated rings. The summed E-state index contributed by atoms with van der Waals surface area (Å²) in [5.41, 5.74) is 4.91. The number of benzene rings is 3. The quantitative estimate of drug-likeness (QED) is 0.547.